The van der Waals surface area contributed by atoms with Gasteiger partial charge in [0.2, 0.25) is 10.0 Å². The van der Waals surface area contributed by atoms with Crippen molar-refractivity contribution >= 4 is 15.8 Å². The van der Waals surface area contributed by atoms with Gasteiger partial charge in [0, 0.05) is 50.2 Å². The summed E-state index contributed by atoms with van der Waals surface area (Å²) in [4.78, 5) is 4.57. The second kappa shape index (κ2) is 8.34. The maximum absolute atomic E-state index is 12.7. The molecule has 3 aromatic rings. The van der Waals surface area contributed by atoms with E-state index in [1.165, 1.54) is 6.20 Å². The van der Waals surface area contributed by atoms with Gasteiger partial charge in [-0.15, -0.1) is 0 Å². The zero-order valence-corrected chi connectivity index (χ0v) is 17.3. The fourth-order valence-electron chi connectivity index (χ4n) is 3.58. The van der Waals surface area contributed by atoms with E-state index in [9.17, 15) is 8.42 Å². The van der Waals surface area contributed by atoms with Gasteiger partial charge >= 0.3 is 0 Å². The summed E-state index contributed by atoms with van der Waals surface area (Å²) in [7, 11) is -1.56. The molecule has 2 aromatic heterocycles. The van der Waals surface area contributed by atoms with Gasteiger partial charge < -0.3 is 5.32 Å². The lowest BCUT2D eigenvalue weighted by molar-refractivity contribution is 0.346. The maximum atomic E-state index is 12.7. The van der Waals surface area contributed by atoms with Gasteiger partial charge in [-0.25, -0.2) is 13.4 Å². The number of piperidine rings is 1. The Morgan fingerprint density at radius 3 is 2.48 bits per heavy atom. The Kier molecular flexibility index (Phi) is 5.64. The van der Waals surface area contributed by atoms with Crippen molar-refractivity contribution in [1.82, 2.24) is 19.1 Å². The van der Waals surface area contributed by atoms with Crippen LogP contribution in [0.2, 0.25) is 0 Å². The molecule has 0 spiro atoms. The minimum absolute atomic E-state index is 0.247. The molecular formula is C21H25N5O2S. The quantitative estimate of drug-likeness (QED) is 0.673. The van der Waals surface area contributed by atoms with Crippen LogP contribution in [-0.2, 0) is 23.6 Å². The predicted octanol–water partition coefficient (Wildman–Crippen LogP) is 3.27. The molecule has 1 fully saturated rings. The third kappa shape index (κ3) is 4.33. The summed E-state index contributed by atoms with van der Waals surface area (Å²) in [6.07, 6.45) is 6.34. The van der Waals surface area contributed by atoms with E-state index in [2.05, 4.69) is 15.4 Å². The molecule has 152 valence electrons. The number of rotatable bonds is 6. The van der Waals surface area contributed by atoms with E-state index in [4.69, 9.17) is 0 Å². The fourth-order valence-corrected chi connectivity index (χ4v) is 5.05. The average molecular weight is 412 g/mol. The molecule has 1 aromatic carbocycles. The van der Waals surface area contributed by atoms with E-state index in [1.807, 2.05) is 43.6 Å². The second-order valence-corrected chi connectivity index (χ2v) is 9.18. The van der Waals surface area contributed by atoms with E-state index in [1.54, 1.807) is 21.1 Å². The monoisotopic (exact) mass is 411 g/mol. The molecule has 1 saturated heterocycles. The number of hydrogen-bond acceptors (Lipinski definition) is 5. The Hall–Kier alpha value is -2.71. The molecule has 0 amide bonds. The summed E-state index contributed by atoms with van der Waals surface area (Å²) in [5, 5.41) is 7.83. The third-order valence-corrected chi connectivity index (χ3v) is 6.98. The van der Waals surface area contributed by atoms with Crippen molar-refractivity contribution in [3.63, 3.8) is 0 Å². The number of aromatic nitrogens is 3. The smallest absolute Gasteiger partial charge is 0.244 e. The molecule has 1 aliphatic rings. The summed E-state index contributed by atoms with van der Waals surface area (Å²) < 4.78 is 28.8. The minimum Gasteiger partial charge on any atom is -0.366 e. The Bertz CT molecular complexity index is 1060. The van der Waals surface area contributed by atoms with Crippen LogP contribution >= 0.6 is 0 Å². The van der Waals surface area contributed by atoms with Crippen LogP contribution in [0.4, 0.5) is 5.82 Å². The SMILES string of the molecule is Cn1cc(CNc2ccc(S(=O)(=O)N3CCCCC3)cn2)c(-c2ccccc2)n1. The van der Waals surface area contributed by atoms with Crippen molar-refractivity contribution in [3.8, 4) is 11.3 Å². The molecule has 4 rings (SSSR count). The topological polar surface area (TPSA) is 80.1 Å². The van der Waals surface area contributed by atoms with Crippen LogP contribution in [0.1, 0.15) is 24.8 Å². The molecule has 0 unspecified atom stereocenters. The largest absolute Gasteiger partial charge is 0.366 e. The molecule has 1 aliphatic heterocycles. The number of anilines is 1. The maximum Gasteiger partial charge on any atom is 0.244 e. The molecule has 29 heavy (non-hydrogen) atoms. The normalized spacial score (nSPS) is 15.3. The molecule has 0 aliphatic carbocycles. The van der Waals surface area contributed by atoms with E-state index in [-0.39, 0.29) is 4.90 Å². The van der Waals surface area contributed by atoms with E-state index in [0.717, 1.165) is 36.1 Å². The molecule has 3 heterocycles. The van der Waals surface area contributed by atoms with E-state index >= 15 is 0 Å². The lowest BCUT2D eigenvalue weighted by Gasteiger charge is -2.25. The summed E-state index contributed by atoms with van der Waals surface area (Å²) in [6.45, 7) is 1.72. The first-order chi connectivity index (χ1) is 14.0. The Labute approximate surface area is 171 Å². The molecular weight excluding hydrogens is 386 g/mol. The van der Waals surface area contributed by atoms with Gasteiger partial charge in [0.25, 0.3) is 0 Å². The Morgan fingerprint density at radius 2 is 1.79 bits per heavy atom. The number of sulfonamides is 1. The van der Waals surface area contributed by atoms with Crippen LogP contribution in [-0.4, -0.2) is 40.6 Å². The van der Waals surface area contributed by atoms with Crippen LogP contribution in [0.25, 0.3) is 11.3 Å². The molecule has 0 radical (unpaired) electrons. The van der Waals surface area contributed by atoms with Gasteiger partial charge in [-0.05, 0) is 25.0 Å². The highest BCUT2D eigenvalue weighted by atomic mass is 32.2. The van der Waals surface area contributed by atoms with Crippen molar-refractivity contribution < 1.29 is 8.42 Å². The predicted molar refractivity (Wildman–Crippen MR) is 113 cm³/mol. The van der Waals surface area contributed by atoms with Crippen LogP contribution < -0.4 is 5.32 Å². The van der Waals surface area contributed by atoms with Gasteiger partial charge in [-0.3, -0.25) is 4.68 Å². The highest BCUT2D eigenvalue weighted by Gasteiger charge is 2.26. The van der Waals surface area contributed by atoms with Crippen LogP contribution in [0.5, 0.6) is 0 Å². The van der Waals surface area contributed by atoms with Crippen molar-refractivity contribution in [2.75, 3.05) is 18.4 Å². The van der Waals surface area contributed by atoms with Crippen molar-refractivity contribution in [3.05, 3.63) is 60.4 Å². The zero-order chi connectivity index (χ0) is 20.3. The average Bonchev–Trinajstić information content (AvgIpc) is 3.14. The summed E-state index contributed by atoms with van der Waals surface area (Å²) in [5.41, 5.74) is 3.02. The lowest BCUT2D eigenvalue weighted by atomic mass is 10.1. The van der Waals surface area contributed by atoms with Crippen molar-refractivity contribution in [1.29, 1.82) is 0 Å². The highest BCUT2D eigenvalue weighted by Crippen LogP contribution is 2.23. The van der Waals surface area contributed by atoms with Crippen molar-refractivity contribution in [2.24, 2.45) is 7.05 Å². The molecule has 0 saturated carbocycles. The fraction of sp³-hybridized carbons (Fsp3) is 0.333. The Balaban J connectivity index is 1.47. The van der Waals surface area contributed by atoms with Gasteiger partial charge in [-0.2, -0.15) is 9.40 Å². The van der Waals surface area contributed by atoms with Crippen molar-refractivity contribution in [2.45, 2.75) is 30.7 Å². The lowest BCUT2D eigenvalue weighted by Crippen LogP contribution is -2.35. The highest BCUT2D eigenvalue weighted by molar-refractivity contribution is 7.89. The standard InChI is InChI=1S/C21H25N5O2S/c1-25-16-18(21(24-25)17-8-4-2-5-9-17)14-22-20-11-10-19(15-23-20)29(27,28)26-12-6-3-7-13-26/h2,4-5,8-11,15-16H,3,6-7,12-14H2,1H3,(H,22,23). The van der Waals surface area contributed by atoms with E-state index < -0.39 is 10.0 Å². The summed E-state index contributed by atoms with van der Waals surface area (Å²) >= 11 is 0. The minimum atomic E-state index is -3.46. The van der Waals surface area contributed by atoms with E-state index in [0.29, 0.717) is 25.5 Å². The number of pyridine rings is 1. The second-order valence-electron chi connectivity index (χ2n) is 7.24. The first-order valence-electron chi connectivity index (χ1n) is 9.82. The number of nitrogens with zero attached hydrogens (tertiary/aromatic N) is 4. The van der Waals surface area contributed by atoms with Crippen LogP contribution in [0.15, 0.2) is 59.8 Å². The molecule has 0 atom stereocenters. The van der Waals surface area contributed by atoms with Gasteiger partial charge in [0.05, 0.1) is 5.69 Å². The number of aryl methyl sites for hydroxylation is 1. The van der Waals surface area contributed by atoms with Gasteiger partial charge in [0.1, 0.15) is 10.7 Å². The summed E-state index contributed by atoms with van der Waals surface area (Å²) in [6, 6.07) is 13.4. The van der Waals surface area contributed by atoms with Gasteiger partial charge in [-0.1, -0.05) is 36.8 Å². The molecule has 8 heteroatoms. The first kappa shape index (κ1) is 19.6. The number of nitrogens with one attached hydrogen (secondary N) is 1. The first-order valence-corrected chi connectivity index (χ1v) is 11.3. The third-order valence-electron chi connectivity index (χ3n) is 5.10. The molecule has 1 N–H and O–H groups in total. The Morgan fingerprint density at radius 1 is 1.03 bits per heavy atom. The molecule has 0 bridgehead atoms. The van der Waals surface area contributed by atoms with Crippen LogP contribution in [0.3, 0.4) is 0 Å². The number of benzene rings is 1. The van der Waals surface area contributed by atoms with Gasteiger partial charge in [0.15, 0.2) is 0 Å². The molecule has 7 nitrogen and oxygen atoms in total. The number of hydrogen-bond donors (Lipinski definition) is 1. The van der Waals surface area contributed by atoms with Crippen LogP contribution in [0, 0.1) is 0 Å². The summed E-state index contributed by atoms with van der Waals surface area (Å²) in [5.74, 6) is 0.630. The zero-order valence-electron chi connectivity index (χ0n) is 16.5.